The van der Waals surface area contributed by atoms with Crippen molar-refractivity contribution >= 4 is 39.2 Å². The Bertz CT molecular complexity index is 384. The van der Waals surface area contributed by atoms with Crippen molar-refractivity contribution in [3.63, 3.8) is 0 Å². The second-order valence-corrected chi connectivity index (χ2v) is 4.51. The highest BCUT2D eigenvalue weighted by atomic mass is 79.9. The van der Waals surface area contributed by atoms with Crippen LogP contribution in [0.25, 0.3) is 0 Å². The number of esters is 1. The topological polar surface area (TPSA) is 38.3 Å². The summed E-state index contributed by atoms with van der Waals surface area (Å²) in [7, 11) is 0. The Morgan fingerprint density at radius 1 is 1.62 bits per heavy atom. The van der Waals surface area contributed by atoms with Gasteiger partial charge in [-0.2, -0.15) is 0 Å². The molecule has 88 valence electrons. The van der Waals surface area contributed by atoms with E-state index in [0.717, 1.165) is 10.2 Å². The predicted molar refractivity (Wildman–Crippen MR) is 68.9 cm³/mol. The lowest BCUT2D eigenvalue weighted by Gasteiger charge is -2.14. The van der Waals surface area contributed by atoms with Crippen LogP contribution in [0, 0.1) is 0 Å². The van der Waals surface area contributed by atoms with Gasteiger partial charge in [0.2, 0.25) is 0 Å². The standard InChI is InChI=1S/C11H13BrClNO2/c1-3-16-11(15)7(2)14-8-4-5-9(12)10(13)6-8/h4-7,14H,3H2,1-2H3. The third kappa shape index (κ3) is 3.68. The Hall–Kier alpha value is -0.740. The summed E-state index contributed by atoms with van der Waals surface area (Å²) in [5, 5.41) is 3.61. The van der Waals surface area contributed by atoms with Crippen molar-refractivity contribution in [3.8, 4) is 0 Å². The second-order valence-electron chi connectivity index (χ2n) is 3.25. The summed E-state index contributed by atoms with van der Waals surface area (Å²) >= 11 is 9.23. The van der Waals surface area contributed by atoms with E-state index in [4.69, 9.17) is 16.3 Å². The van der Waals surface area contributed by atoms with Crippen LogP contribution in [0.1, 0.15) is 13.8 Å². The van der Waals surface area contributed by atoms with E-state index < -0.39 is 6.04 Å². The molecule has 0 heterocycles. The van der Waals surface area contributed by atoms with Crippen LogP contribution in [-0.2, 0) is 9.53 Å². The van der Waals surface area contributed by atoms with Crippen LogP contribution in [0.5, 0.6) is 0 Å². The van der Waals surface area contributed by atoms with Gasteiger partial charge < -0.3 is 10.1 Å². The third-order valence-corrected chi connectivity index (χ3v) is 3.18. The van der Waals surface area contributed by atoms with Crippen molar-refractivity contribution in [1.82, 2.24) is 0 Å². The molecule has 0 saturated carbocycles. The van der Waals surface area contributed by atoms with E-state index in [1.165, 1.54) is 0 Å². The molecule has 0 aliphatic heterocycles. The van der Waals surface area contributed by atoms with Crippen LogP contribution in [0.4, 0.5) is 5.69 Å². The SMILES string of the molecule is CCOC(=O)C(C)Nc1ccc(Br)c(Cl)c1. The maximum Gasteiger partial charge on any atom is 0.328 e. The summed E-state index contributed by atoms with van der Waals surface area (Å²) in [6, 6.07) is 5.02. The Morgan fingerprint density at radius 3 is 2.88 bits per heavy atom. The van der Waals surface area contributed by atoms with Gasteiger partial charge in [-0.05, 0) is 48.0 Å². The molecule has 0 spiro atoms. The highest BCUT2D eigenvalue weighted by Gasteiger charge is 2.13. The van der Waals surface area contributed by atoms with Crippen molar-refractivity contribution in [2.75, 3.05) is 11.9 Å². The summed E-state index contributed by atoms with van der Waals surface area (Å²) in [5.41, 5.74) is 0.786. The van der Waals surface area contributed by atoms with Crippen molar-refractivity contribution < 1.29 is 9.53 Å². The molecule has 1 atom stereocenters. The summed E-state index contributed by atoms with van der Waals surface area (Å²) in [4.78, 5) is 11.4. The van der Waals surface area contributed by atoms with Gasteiger partial charge in [-0.25, -0.2) is 4.79 Å². The Balaban J connectivity index is 2.66. The molecule has 1 N–H and O–H groups in total. The molecule has 3 nitrogen and oxygen atoms in total. The van der Waals surface area contributed by atoms with Gasteiger partial charge in [-0.1, -0.05) is 11.6 Å². The zero-order valence-electron chi connectivity index (χ0n) is 9.09. The summed E-state index contributed by atoms with van der Waals surface area (Å²) < 4.78 is 5.71. The molecule has 0 aromatic heterocycles. The Kier molecular flexibility index (Phi) is 5.09. The van der Waals surface area contributed by atoms with Crippen molar-refractivity contribution in [3.05, 3.63) is 27.7 Å². The lowest BCUT2D eigenvalue weighted by molar-refractivity contribution is -0.143. The molecule has 1 aromatic rings. The third-order valence-electron chi connectivity index (χ3n) is 1.94. The van der Waals surface area contributed by atoms with E-state index in [2.05, 4.69) is 21.2 Å². The average Bonchev–Trinajstić information content (AvgIpc) is 2.24. The largest absolute Gasteiger partial charge is 0.464 e. The minimum Gasteiger partial charge on any atom is -0.464 e. The van der Waals surface area contributed by atoms with Crippen molar-refractivity contribution in [2.24, 2.45) is 0 Å². The number of anilines is 1. The van der Waals surface area contributed by atoms with E-state index in [0.29, 0.717) is 11.6 Å². The minimum absolute atomic E-state index is 0.276. The van der Waals surface area contributed by atoms with Gasteiger partial charge in [0.1, 0.15) is 6.04 Å². The zero-order valence-corrected chi connectivity index (χ0v) is 11.4. The number of halogens is 2. The molecule has 0 amide bonds. The fourth-order valence-electron chi connectivity index (χ4n) is 1.16. The second kappa shape index (κ2) is 6.11. The summed E-state index contributed by atoms with van der Waals surface area (Å²) in [5.74, 6) is -0.276. The molecule has 0 fully saturated rings. The normalized spacial score (nSPS) is 12.0. The molecule has 0 radical (unpaired) electrons. The van der Waals surface area contributed by atoms with Crippen LogP contribution in [0.15, 0.2) is 22.7 Å². The van der Waals surface area contributed by atoms with Crippen molar-refractivity contribution in [1.29, 1.82) is 0 Å². The van der Waals surface area contributed by atoms with Gasteiger partial charge in [-0.15, -0.1) is 0 Å². The number of benzene rings is 1. The van der Waals surface area contributed by atoms with Gasteiger partial charge in [0.25, 0.3) is 0 Å². The Morgan fingerprint density at radius 2 is 2.31 bits per heavy atom. The van der Waals surface area contributed by atoms with Crippen LogP contribution < -0.4 is 5.32 Å². The molecule has 0 bridgehead atoms. The number of carbonyl (C=O) groups is 1. The average molecular weight is 307 g/mol. The van der Waals surface area contributed by atoms with Crippen LogP contribution >= 0.6 is 27.5 Å². The first-order valence-corrected chi connectivity index (χ1v) is 6.10. The van der Waals surface area contributed by atoms with Gasteiger partial charge in [0.15, 0.2) is 0 Å². The monoisotopic (exact) mass is 305 g/mol. The minimum atomic E-state index is -0.391. The van der Waals surface area contributed by atoms with Gasteiger partial charge in [-0.3, -0.25) is 0 Å². The lowest BCUT2D eigenvalue weighted by Crippen LogP contribution is -2.28. The predicted octanol–water partition coefficient (Wildman–Crippen LogP) is 3.47. The van der Waals surface area contributed by atoms with Crippen LogP contribution in [0.2, 0.25) is 5.02 Å². The molecule has 1 aromatic carbocycles. The molecule has 5 heteroatoms. The smallest absolute Gasteiger partial charge is 0.328 e. The zero-order chi connectivity index (χ0) is 12.1. The molecule has 1 rings (SSSR count). The van der Waals surface area contributed by atoms with Crippen LogP contribution in [-0.4, -0.2) is 18.6 Å². The summed E-state index contributed by atoms with van der Waals surface area (Å²) in [6.45, 7) is 3.90. The van der Waals surface area contributed by atoms with E-state index in [1.54, 1.807) is 19.9 Å². The molecular weight excluding hydrogens is 293 g/mol. The fraction of sp³-hybridized carbons (Fsp3) is 0.364. The summed E-state index contributed by atoms with van der Waals surface area (Å²) in [6.07, 6.45) is 0. The molecule has 16 heavy (non-hydrogen) atoms. The molecule has 0 aliphatic rings. The maximum atomic E-state index is 11.4. The van der Waals surface area contributed by atoms with Crippen LogP contribution in [0.3, 0.4) is 0 Å². The van der Waals surface area contributed by atoms with Crippen molar-refractivity contribution in [2.45, 2.75) is 19.9 Å². The Labute approximate surface area is 108 Å². The number of hydrogen-bond donors (Lipinski definition) is 1. The molecular formula is C11H13BrClNO2. The van der Waals surface area contributed by atoms with Gasteiger partial charge in [0.05, 0.1) is 11.6 Å². The number of carbonyl (C=O) groups excluding carboxylic acids is 1. The fourth-order valence-corrected chi connectivity index (χ4v) is 1.59. The first-order valence-electron chi connectivity index (χ1n) is 4.92. The highest BCUT2D eigenvalue weighted by Crippen LogP contribution is 2.25. The molecule has 0 aliphatic carbocycles. The van der Waals surface area contributed by atoms with E-state index in [9.17, 15) is 4.79 Å². The van der Waals surface area contributed by atoms with Gasteiger partial charge in [0, 0.05) is 10.2 Å². The van der Waals surface area contributed by atoms with Gasteiger partial charge >= 0.3 is 5.97 Å². The first kappa shape index (κ1) is 13.3. The maximum absolute atomic E-state index is 11.4. The van der Waals surface area contributed by atoms with E-state index in [-0.39, 0.29) is 5.97 Å². The molecule has 1 unspecified atom stereocenters. The lowest BCUT2D eigenvalue weighted by atomic mass is 10.2. The first-order chi connectivity index (χ1) is 7.54. The number of nitrogens with one attached hydrogen (secondary N) is 1. The van der Waals surface area contributed by atoms with E-state index in [1.807, 2.05) is 12.1 Å². The highest BCUT2D eigenvalue weighted by molar-refractivity contribution is 9.10. The number of hydrogen-bond acceptors (Lipinski definition) is 3. The molecule has 0 saturated heterocycles. The number of rotatable bonds is 4. The van der Waals surface area contributed by atoms with E-state index >= 15 is 0 Å². The number of ether oxygens (including phenoxy) is 1. The quantitative estimate of drug-likeness (QED) is 0.866.